The minimum atomic E-state index is -3.91. The number of rotatable bonds is 4. The van der Waals surface area contributed by atoms with Crippen LogP contribution in [0.25, 0.3) is 0 Å². The van der Waals surface area contributed by atoms with Crippen LogP contribution in [-0.2, 0) is 10.0 Å². The molecule has 1 amide bonds. The second-order valence-corrected chi connectivity index (χ2v) is 7.57. The lowest BCUT2D eigenvalue weighted by molar-refractivity contribution is 0.0744. The number of halogens is 1. The van der Waals surface area contributed by atoms with Crippen LogP contribution in [-0.4, -0.2) is 32.8 Å². The second-order valence-electron chi connectivity index (χ2n) is 5.60. The molecule has 116 valence electrons. The molecule has 5 nitrogen and oxygen atoms in total. The summed E-state index contributed by atoms with van der Waals surface area (Å²) < 4.78 is 23.2. The fourth-order valence-corrected chi connectivity index (χ4v) is 3.63. The highest BCUT2D eigenvalue weighted by atomic mass is 35.5. The molecule has 1 aliphatic carbocycles. The number of primary sulfonamides is 1. The molecule has 1 aromatic rings. The molecule has 21 heavy (non-hydrogen) atoms. The third-order valence-electron chi connectivity index (χ3n) is 3.97. The zero-order valence-electron chi connectivity index (χ0n) is 12.1. The van der Waals surface area contributed by atoms with Crippen LogP contribution in [0.2, 0.25) is 5.02 Å². The lowest BCUT2D eigenvalue weighted by Crippen LogP contribution is -2.34. The Labute approximate surface area is 130 Å². The van der Waals surface area contributed by atoms with Crippen molar-refractivity contribution in [2.45, 2.75) is 31.1 Å². The Morgan fingerprint density at radius 3 is 2.52 bits per heavy atom. The molecule has 0 aromatic heterocycles. The Kier molecular flexibility index (Phi) is 4.60. The van der Waals surface area contributed by atoms with E-state index in [0.717, 1.165) is 12.8 Å². The van der Waals surface area contributed by atoms with Crippen molar-refractivity contribution in [1.82, 2.24) is 4.90 Å². The first-order valence-corrected chi connectivity index (χ1v) is 8.71. The van der Waals surface area contributed by atoms with Crippen LogP contribution in [0.5, 0.6) is 0 Å². The van der Waals surface area contributed by atoms with Gasteiger partial charge in [-0.25, -0.2) is 13.6 Å². The minimum Gasteiger partial charge on any atom is -0.341 e. The van der Waals surface area contributed by atoms with Crippen molar-refractivity contribution in [1.29, 1.82) is 0 Å². The smallest absolute Gasteiger partial charge is 0.253 e. The van der Waals surface area contributed by atoms with E-state index in [1.165, 1.54) is 18.6 Å². The van der Waals surface area contributed by atoms with Gasteiger partial charge in [-0.05, 0) is 43.4 Å². The van der Waals surface area contributed by atoms with Gasteiger partial charge in [-0.3, -0.25) is 4.79 Å². The standard InChI is InChI=1S/C14H19ClN2O3S/c1-9-12(6-11(15)7-13(9)21(16,19)20)14(18)17(2)8-10-4-3-5-10/h6-7,10H,3-5,8H2,1-2H3,(H2,16,19,20). The number of nitrogens with zero attached hydrogens (tertiary/aromatic N) is 1. The van der Waals surface area contributed by atoms with Gasteiger partial charge in [0.2, 0.25) is 10.0 Å². The summed E-state index contributed by atoms with van der Waals surface area (Å²) in [5.41, 5.74) is 0.626. The van der Waals surface area contributed by atoms with Crippen molar-refractivity contribution < 1.29 is 13.2 Å². The van der Waals surface area contributed by atoms with E-state index in [2.05, 4.69) is 0 Å². The molecule has 0 radical (unpaired) electrons. The summed E-state index contributed by atoms with van der Waals surface area (Å²) in [6.07, 6.45) is 3.47. The summed E-state index contributed by atoms with van der Waals surface area (Å²) in [7, 11) is -2.19. The molecule has 7 heteroatoms. The number of hydrogen-bond donors (Lipinski definition) is 1. The van der Waals surface area contributed by atoms with E-state index in [1.54, 1.807) is 18.9 Å². The number of hydrogen-bond acceptors (Lipinski definition) is 3. The van der Waals surface area contributed by atoms with Crippen LogP contribution in [0, 0.1) is 12.8 Å². The van der Waals surface area contributed by atoms with Gasteiger partial charge in [0.1, 0.15) is 0 Å². The van der Waals surface area contributed by atoms with Crippen LogP contribution < -0.4 is 5.14 Å². The molecule has 1 aromatic carbocycles. The van der Waals surface area contributed by atoms with E-state index in [9.17, 15) is 13.2 Å². The first-order valence-electron chi connectivity index (χ1n) is 6.78. The Bertz CT molecular complexity index is 669. The van der Waals surface area contributed by atoms with Crippen LogP contribution in [0.3, 0.4) is 0 Å². The summed E-state index contributed by atoms with van der Waals surface area (Å²) in [5.74, 6) is 0.308. The number of benzene rings is 1. The van der Waals surface area contributed by atoms with E-state index in [0.29, 0.717) is 18.0 Å². The monoisotopic (exact) mass is 330 g/mol. The Hall–Kier alpha value is -1.11. The second kappa shape index (κ2) is 5.94. The highest BCUT2D eigenvalue weighted by Crippen LogP contribution is 2.28. The molecule has 1 fully saturated rings. The summed E-state index contributed by atoms with van der Waals surface area (Å²) >= 11 is 5.93. The van der Waals surface area contributed by atoms with Crippen molar-refractivity contribution in [3.8, 4) is 0 Å². The molecular weight excluding hydrogens is 312 g/mol. The minimum absolute atomic E-state index is 0.101. The first-order chi connectivity index (χ1) is 9.70. The number of carbonyl (C=O) groups is 1. The Morgan fingerprint density at radius 2 is 2.05 bits per heavy atom. The predicted molar refractivity (Wildman–Crippen MR) is 81.9 cm³/mol. The molecule has 0 spiro atoms. The van der Waals surface area contributed by atoms with Gasteiger partial charge >= 0.3 is 0 Å². The van der Waals surface area contributed by atoms with Crippen LogP contribution in [0.15, 0.2) is 17.0 Å². The fraction of sp³-hybridized carbons (Fsp3) is 0.500. The highest BCUT2D eigenvalue weighted by molar-refractivity contribution is 7.89. The lowest BCUT2D eigenvalue weighted by Gasteiger charge is -2.30. The number of nitrogens with two attached hydrogens (primary N) is 1. The largest absolute Gasteiger partial charge is 0.341 e. The molecule has 0 heterocycles. The normalized spacial score (nSPS) is 15.6. The molecule has 1 saturated carbocycles. The maximum absolute atomic E-state index is 12.5. The zero-order valence-corrected chi connectivity index (χ0v) is 13.7. The molecule has 1 aliphatic rings. The maximum atomic E-state index is 12.5. The van der Waals surface area contributed by atoms with Crippen molar-refractivity contribution in [2.24, 2.45) is 11.1 Å². The number of sulfonamides is 1. The molecule has 0 bridgehead atoms. The van der Waals surface area contributed by atoms with E-state index < -0.39 is 10.0 Å². The number of amides is 1. The van der Waals surface area contributed by atoms with Gasteiger partial charge in [0.15, 0.2) is 0 Å². The molecule has 0 atom stereocenters. The Balaban J connectivity index is 2.34. The summed E-state index contributed by atoms with van der Waals surface area (Å²) in [4.78, 5) is 14.0. The SMILES string of the molecule is Cc1c(C(=O)N(C)CC2CCC2)cc(Cl)cc1S(N)(=O)=O. The van der Waals surface area contributed by atoms with Crippen molar-refractivity contribution in [3.63, 3.8) is 0 Å². The van der Waals surface area contributed by atoms with Crippen molar-refractivity contribution in [2.75, 3.05) is 13.6 Å². The van der Waals surface area contributed by atoms with Gasteiger partial charge in [-0.2, -0.15) is 0 Å². The van der Waals surface area contributed by atoms with Crippen LogP contribution >= 0.6 is 11.6 Å². The molecule has 0 unspecified atom stereocenters. The fourth-order valence-electron chi connectivity index (χ4n) is 2.52. The highest BCUT2D eigenvalue weighted by Gasteiger charge is 2.25. The van der Waals surface area contributed by atoms with Crippen LogP contribution in [0.4, 0.5) is 0 Å². The van der Waals surface area contributed by atoms with E-state index in [1.807, 2.05) is 0 Å². The summed E-state index contributed by atoms with van der Waals surface area (Å²) in [6, 6.07) is 2.76. The summed E-state index contributed by atoms with van der Waals surface area (Å²) in [5, 5.41) is 5.36. The Morgan fingerprint density at radius 1 is 1.43 bits per heavy atom. The molecule has 2 N–H and O–H groups in total. The average Bonchev–Trinajstić information content (AvgIpc) is 2.33. The average molecular weight is 331 g/mol. The zero-order chi connectivity index (χ0) is 15.8. The summed E-state index contributed by atoms with van der Waals surface area (Å²) in [6.45, 7) is 2.25. The van der Waals surface area contributed by atoms with E-state index in [-0.39, 0.29) is 21.4 Å². The molecule has 2 rings (SSSR count). The predicted octanol–water partition coefficient (Wildman–Crippen LogP) is 2.17. The quantitative estimate of drug-likeness (QED) is 0.918. The van der Waals surface area contributed by atoms with Gasteiger partial charge in [-0.1, -0.05) is 18.0 Å². The number of carbonyl (C=O) groups excluding carboxylic acids is 1. The lowest BCUT2D eigenvalue weighted by atomic mass is 9.85. The molecule has 0 aliphatic heterocycles. The van der Waals surface area contributed by atoms with Crippen molar-refractivity contribution in [3.05, 3.63) is 28.3 Å². The first kappa shape index (κ1) is 16.3. The maximum Gasteiger partial charge on any atom is 0.253 e. The van der Waals surface area contributed by atoms with Gasteiger partial charge in [0.05, 0.1) is 4.90 Å². The third kappa shape index (κ3) is 3.56. The van der Waals surface area contributed by atoms with Gasteiger partial charge in [0, 0.05) is 24.2 Å². The van der Waals surface area contributed by atoms with E-state index in [4.69, 9.17) is 16.7 Å². The van der Waals surface area contributed by atoms with Gasteiger partial charge in [-0.15, -0.1) is 0 Å². The third-order valence-corrected chi connectivity index (χ3v) is 5.22. The van der Waals surface area contributed by atoms with Crippen LogP contribution in [0.1, 0.15) is 35.2 Å². The topological polar surface area (TPSA) is 80.5 Å². The van der Waals surface area contributed by atoms with Crippen molar-refractivity contribution >= 4 is 27.5 Å². The molecule has 0 saturated heterocycles. The molecular formula is C14H19ClN2O3S. The van der Waals surface area contributed by atoms with Gasteiger partial charge in [0.25, 0.3) is 5.91 Å². The van der Waals surface area contributed by atoms with Gasteiger partial charge < -0.3 is 4.90 Å². The van der Waals surface area contributed by atoms with E-state index >= 15 is 0 Å².